The van der Waals surface area contributed by atoms with E-state index in [9.17, 15) is 5.26 Å². The van der Waals surface area contributed by atoms with E-state index in [2.05, 4.69) is 30.9 Å². The number of rotatable bonds is 2. The molecule has 2 aromatic heterocycles. The third-order valence-electron chi connectivity index (χ3n) is 4.67. The average molecular weight is 333 g/mol. The second-order valence-electron chi connectivity index (χ2n) is 6.16. The van der Waals surface area contributed by atoms with Gasteiger partial charge in [-0.3, -0.25) is 4.68 Å². The molecule has 0 bridgehead atoms. The smallest absolute Gasteiger partial charge is 0.163 e. The van der Waals surface area contributed by atoms with Crippen molar-refractivity contribution in [2.75, 3.05) is 36.0 Å². The fourth-order valence-electron chi connectivity index (χ4n) is 3.42. The quantitative estimate of drug-likeness (QED) is 0.714. The average Bonchev–Trinajstić information content (AvgIpc) is 2.89. The molecule has 3 heterocycles. The lowest BCUT2D eigenvalue weighted by atomic mass is 10.1. The Morgan fingerprint density at radius 2 is 1.84 bits per heavy atom. The first-order valence-corrected chi connectivity index (χ1v) is 8.39. The summed E-state index contributed by atoms with van der Waals surface area (Å²) in [6.45, 7) is 3.55. The van der Waals surface area contributed by atoms with Gasteiger partial charge in [-0.1, -0.05) is 12.1 Å². The number of hydrogen-bond donors (Lipinski definition) is 0. The van der Waals surface area contributed by atoms with Crippen LogP contribution in [0.4, 0.5) is 11.5 Å². The van der Waals surface area contributed by atoms with Gasteiger partial charge in [0.1, 0.15) is 18.2 Å². The number of benzene rings is 1. The summed E-state index contributed by atoms with van der Waals surface area (Å²) in [6, 6.07) is 10.1. The molecule has 0 aliphatic carbocycles. The Kier molecular flexibility index (Phi) is 3.94. The molecule has 0 radical (unpaired) electrons. The number of fused-ring (bicyclic) bond motifs is 1. The van der Waals surface area contributed by atoms with Crippen LogP contribution in [0, 0.1) is 11.3 Å². The van der Waals surface area contributed by atoms with Gasteiger partial charge >= 0.3 is 0 Å². The zero-order valence-corrected chi connectivity index (χ0v) is 14.1. The maximum Gasteiger partial charge on any atom is 0.163 e. The standard InChI is InChI=1S/C18H19N7/c1-23-17-15(12-22-23)18(21-13-20-17)25-8-4-7-24(9-10-25)16-6-3-2-5-14(16)11-19/h2-3,5-6,12-13H,4,7-10H2,1H3. The van der Waals surface area contributed by atoms with Crippen LogP contribution in [0.25, 0.3) is 11.0 Å². The van der Waals surface area contributed by atoms with Crippen LogP contribution in [0.5, 0.6) is 0 Å². The first-order valence-electron chi connectivity index (χ1n) is 8.39. The lowest BCUT2D eigenvalue weighted by molar-refractivity contribution is 0.782. The Morgan fingerprint density at radius 1 is 1.04 bits per heavy atom. The van der Waals surface area contributed by atoms with Gasteiger partial charge in [-0.25, -0.2) is 9.97 Å². The van der Waals surface area contributed by atoms with Gasteiger partial charge in [0.2, 0.25) is 0 Å². The summed E-state index contributed by atoms with van der Waals surface area (Å²) < 4.78 is 1.77. The molecule has 25 heavy (non-hydrogen) atoms. The second-order valence-corrected chi connectivity index (χ2v) is 6.16. The first-order chi connectivity index (χ1) is 12.3. The number of anilines is 2. The van der Waals surface area contributed by atoms with E-state index in [-0.39, 0.29) is 0 Å². The molecule has 4 rings (SSSR count). The van der Waals surface area contributed by atoms with Crippen molar-refractivity contribution in [2.45, 2.75) is 6.42 Å². The molecule has 1 aliphatic heterocycles. The van der Waals surface area contributed by atoms with Crippen LogP contribution in [0.3, 0.4) is 0 Å². The molecule has 1 aliphatic rings. The van der Waals surface area contributed by atoms with Gasteiger partial charge in [0.05, 0.1) is 22.8 Å². The van der Waals surface area contributed by atoms with Crippen molar-refractivity contribution in [1.82, 2.24) is 19.7 Å². The van der Waals surface area contributed by atoms with Gasteiger partial charge in [0, 0.05) is 33.2 Å². The van der Waals surface area contributed by atoms with Crippen molar-refractivity contribution >= 4 is 22.5 Å². The van der Waals surface area contributed by atoms with Gasteiger partial charge in [-0.2, -0.15) is 10.4 Å². The monoisotopic (exact) mass is 333 g/mol. The molecule has 0 unspecified atom stereocenters. The molecule has 1 fully saturated rings. The summed E-state index contributed by atoms with van der Waals surface area (Å²) in [7, 11) is 1.89. The highest BCUT2D eigenvalue weighted by atomic mass is 15.3. The van der Waals surface area contributed by atoms with E-state index >= 15 is 0 Å². The van der Waals surface area contributed by atoms with E-state index in [0.717, 1.165) is 60.7 Å². The number of nitriles is 1. The van der Waals surface area contributed by atoms with E-state index in [4.69, 9.17) is 0 Å². The first kappa shape index (κ1) is 15.4. The van der Waals surface area contributed by atoms with Crippen molar-refractivity contribution in [3.05, 3.63) is 42.4 Å². The van der Waals surface area contributed by atoms with Crippen molar-refractivity contribution in [3.8, 4) is 6.07 Å². The Labute approximate surface area is 146 Å². The molecule has 0 saturated carbocycles. The summed E-state index contributed by atoms with van der Waals surface area (Å²) in [6.07, 6.45) is 4.44. The number of hydrogen-bond acceptors (Lipinski definition) is 6. The van der Waals surface area contributed by atoms with Crippen LogP contribution in [0.2, 0.25) is 0 Å². The maximum atomic E-state index is 9.36. The molecule has 0 N–H and O–H groups in total. The van der Waals surface area contributed by atoms with E-state index in [1.807, 2.05) is 37.5 Å². The van der Waals surface area contributed by atoms with Crippen LogP contribution >= 0.6 is 0 Å². The van der Waals surface area contributed by atoms with E-state index in [1.165, 1.54) is 0 Å². The van der Waals surface area contributed by atoms with Crippen LogP contribution < -0.4 is 9.80 Å². The zero-order valence-electron chi connectivity index (χ0n) is 14.1. The molecule has 0 spiro atoms. The SMILES string of the molecule is Cn1ncc2c(N3CCCN(c4ccccc4C#N)CC3)ncnc21. The van der Waals surface area contributed by atoms with Gasteiger partial charge < -0.3 is 9.80 Å². The molecule has 7 heteroatoms. The molecule has 3 aromatic rings. The van der Waals surface area contributed by atoms with Crippen LogP contribution in [-0.2, 0) is 7.05 Å². The minimum atomic E-state index is 0.729. The van der Waals surface area contributed by atoms with Crippen molar-refractivity contribution in [2.24, 2.45) is 7.05 Å². The zero-order chi connectivity index (χ0) is 17.2. The predicted molar refractivity (Wildman–Crippen MR) is 96.5 cm³/mol. The predicted octanol–water partition coefficient (Wildman–Crippen LogP) is 1.95. The third-order valence-corrected chi connectivity index (χ3v) is 4.67. The highest BCUT2D eigenvalue weighted by Crippen LogP contribution is 2.25. The maximum absolute atomic E-state index is 9.36. The van der Waals surface area contributed by atoms with E-state index < -0.39 is 0 Å². The summed E-state index contributed by atoms with van der Waals surface area (Å²) in [5.74, 6) is 0.938. The lowest BCUT2D eigenvalue weighted by Gasteiger charge is -2.25. The van der Waals surface area contributed by atoms with Crippen LogP contribution in [0.1, 0.15) is 12.0 Å². The fraction of sp³-hybridized carbons (Fsp3) is 0.333. The lowest BCUT2D eigenvalue weighted by Crippen LogP contribution is -2.31. The molecule has 0 atom stereocenters. The fourth-order valence-corrected chi connectivity index (χ4v) is 3.42. The normalized spacial score (nSPS) is 15.2. The largest absolute Gasteiger partial charge is 0.369 e. The number of aryl methyl sites for hydroxylation is 1. The van der Waals surface area contributed by atoms with Gasteiger partial charge in [0.15, 0.2) is 5.65 Å². The Hall–Kier alpha value is -3.14. The van der Waals surface area contributed by atoms with Crippen LogP contribution in [0.15, 0.2) is 36.8 Å². The molecule has 1 saturated heterocycles. The molecular weight excluding hydrogens is 314 g/mol. The topological polar surface area (TPSA) is 73.9 Å². The van der Waals surface area contributed by atoms with Gasteiger partial charge in [-0.15, -0.1) is 0 Å². The minimum absolute atomic E-state index is 0.729. The molecule has 7 nitrogen and oxygen atoms in total. The van der Waals surface area contributed by atoms with Gasteiger partial charge in [0.25, 0.3) is 0 Å². The van der Waals surface area contributed by atoms with Crippen molar-refractivity contribution in [1.29, 1.82) is 5.26 Å². The summed E-state index contributed by atoms with van der Waals surface area (Å²) in [5.41, 5.74) is 2.59. The summed E-state index contributed by atoms with van der Waals surface area (Å²) >= 11 is 0. The molecule has 1 aromatic carbocycles. The van der Waals surface area contributed by atoms with E-state index in [1.54, 1.807) is 11.0 Å². The molecule has 126 valence electrons. The Morgan fingerprint density at radius 3 is 2.72 bits per heavy atom. The van der Waals surface area contributed by atoms with E-state index in [0.29, 0.717) is 0 Å². The Balaban J connectivity index is 1.60. The number of nitrogens with zero attached hydrogens (tertiary/aromatic N) is 7. The van der Waals surface area contributed by atoms with Crippen molar-refractivity contribution in [3.63, 3.8) is 0 Å². The highest BCUT2D eigenvalue weighted by Gasteiger charge is 2.20. The Bertz CT molecular complexity index is 940. The van der Waals surface area contributed by atoms with Gasteiger partial charge in [-0.05, 0) is 18.6 Å². The van der Waals surface area contributed by atoms with Crippen LogP contribution in [-0.4, -0.2) is 45.9 Å². The molecule has 0 amide bonds. The number of aromatic nitrogens is 4. The molecular formula is C18H19N7. The van der Waals surface area contributed by atoms with Crippen molar-refractivity contribution < 1.29 is 0 Å². The highest BCUT2D eigenvalue weighted by molar-refractivity contribution is 5.86. The second kappa shape index (κ2) is 6.40. The third kappa shape index (κ3) is 2.76. The summed E-state index contributed by atoms with van der Waals surface area (Å²) in [4.78, 5) is 13.4. The minimum Gasteiger partial charge on any atom is -0.369 e. The number of para-hydroxylation sites is 1. The summed E-state index contributed by atoms with van der Waals surface area (Å²) in [5, 5.41) is 14.6.